The van der Waals surface area contributed by atoms with Crippen molar-refractivity contribution in [2.75, 3.05) is 13.2 Å². The van der Waals surface area contributed by atoms with Gasteiger partial charge in [-0.25, -0.2) is 0 Å². The first-order chi connectivity index (χ1) is 7.38. The minimum atomic E-state index is -4.30. The van der Waals surface area contributed by atoms with E-state index in [-0.39, 0.29) is 13.0 Å². The number of hydrogen-bond donors (Lipinski definition) is 1. The fourth-order valence-corrected chi connectivity index (χ4v) is 1.94. The van der Waals surface area contributed by atoms with Crippen LogP contribution in [0.15, 0.2) is 11.4 Å². The maximum Gasteiger partial charge on any atom is 0.411 e. The van der Waals surface area contributed by atoms with Crippen LogP contribution in [-0.4, -0.2) is 24.5 Å². The molecule has 1 atom stereocenters. The molecule has 0 aromatic carbocycles. The number of ether oxygens (including phenoxy) is 1. The molecule has 1 rings (SSSR count). The molecule has 0 aliphatic heterocycles. The van der Waals surface area contributed by atoms with E-state index >= 15 is 0 Å². The van der Waals surface area contributed by atoms with Crippen LogP contribution in [0.25, 0.3) is 0 Å². The van der Waals surface area contributed by atoms with E-state index in [1.165, 1.54) is 11.3 Å². The summed E-state index contributed by atoms with van der Waals surface area (Å²) in [7, 11) is 0. The SMILES string of the molecule is Cc1cc(C(O)CCOCC(F)(F)F)cs1. The highest BCUT2D eigenvalue weighted by atomic mass is 32.1. The van der Waals surface area contributed by atoms with Crippen LogP contribution in [0.3, 0.4) is 0 Å². The quantitative estimate of drug-likeness (QED) is 0.818. The maximum absolute atomic E-state index is 11.7. The molecule has 1 aromatic heterocycles. The van der Waals surface area contributed by atoms with E-state index < -0.39 is 18.9 Å². The second-order valence-corrected chi connectivity index (χ2v) is 4.58. The molecule has 16 heavy (non-hydrogen) atoms. The Bertz CT molecular complexity index is 322. The molecule has 92 valence electrons. The summed E-state index contributed by atoms with van der Waals surface area (Å²) in [6.07, 6.45) is -4.88. The highest BCUT2D eigenvalue weighted by Crippen LogP contribution is 2.23. The summed E-state index contributed by atoms with van der Waals surface area (Å²) in [5.74, 6) is 0. The molecule has 0 bridgehead atoms. The van der Waals surface area contributed by atoms with E-state index in [4.69, 9.17) is 0 Å². The van der Waals surface area contributed by atoms with Gasteiger partial charge >= 0.3 is 6.18 Å². The van der Waals surface area contributed by atoms with Crippen molar-refractivity contribution in [3.05, 3.63) is 21.9 Å². The lowest BCUT2D eigenvalue weighted by atomic mass is 10.1. The smallest absolute Gasteiger partial charge is 0.388 e. The van der Waals surface area contributed by atoms with Crippen molar-refractivity contribution in [3.63, 3.8) is 0 Å². The lowest BCUT2D eigenvalue weighted by molar-refractivity contribution is -0.175. The van der Waals surface area contributed by atoms with E-state index in [0.29, 0.717) is 0 Å². The second-order valence-electron chi connectivity index (χ2n) is 3.46. The molecule has 6 heteroatoms. The van der Waals surface area contributed by atoms with Gasteiger partial charge in [0.05, 0.1) is 6.10 Å². The highest BCUT2D eigenvalue weighted by Gasteiger charge is 2.27. The minimum Gasteiger partial charge on any atom is -0.388 e. The van der Waals surface area contributed by atoms with Crippen molar-refractivity contribution in [2.24, 2.45) is 0 Å². The Kier molecular flexibility index (Phi) is 4.76. The lowest BCUT2D eigenvalue weighted by Crippen LogP contribution is -2.18. The van der Waals surface area contributed by atoms with E-state index in [1.807, 2.05) is 13.0 Å². The van der Waals surface area contributed by atoms with Crippen molar-refractivity contribution in [1.29, 1.82) is 0 Å². The fourth-order valence-electron chi connectivity index (χ4n) is 1.19. The van der Waals surface area contributed by atoms with Crippen molar-refractivity contribution >= 4 is 11.3 Å². The zero-order valence-electron chi connectivity index (χ0n) is 8.75. The third-order valence-electron chi connectivity index (χ3n) is 1.94. The molecule has 0 saturated carbocycles. The van der Waals surface area contributed by atoms with Gasteiger partial charge in [0, 0.05) is 17.9 Å². The van der Waals surface area contributed by atoms with Crippen molar-refractivity contribution < 1.29 is 23.0 Å². The van der Waals surface area contributed by atoms with Crippen molar-refractivity contribution in [1.82, 2.24) is 0 Å². The summed E-state index contributed by atoms with van der Waals surface area (Å²) in [6, 6.07) is 1.82. The molecule has 0 saturated heterocycles. The van der Waals surface area contributed by atoms with Crippen LogP contribution in [0.5, 0.6) is 0 Å². The van der Waals surface area contributed by atoms with Gasteiger partial charge in [0.1, 0.15) is 6.61 Å². The Balaban J connectivity index is 2.23. The molecule has 0 fully saturated rings. The first kappa shape index (κ1) is 13.5. The van der Waals surface area contributed by atoms with E-state index in [9.17, 15) is 18.3 Å². The Labute approximate surface area is 95.7 Å². The number of rotatable bonds is 5. The topological polar surface area (TPSA) is 29.5 Å². The number of aliphatic hydroxyl groups excluding tert-OH is 1. The standard InChI is InChI=1S/C10H13F3O2S/c1-7-4-8(5-16-7)9(14)2-3-15-6-10(11,12)13/h4-5,9,14H,2-3,6H2,1H3. The largest absolute Gasteiger partial charge is 0.411 e. The molecule has 1 heterocycles. The summed E-state index contributed by atoms with van der Waals surface area (Å²) >= 11 is 1.50. The predicted molar refractivity (Wildman–Crippen MR) is 55.5 cm³/mol. The molecule has 0 amide bonds. The summed E-state index contributed by atoms with van der Waals surface area (Å²) in [4.78, 5) is 1.06. The molecule has 0 aliphatic carbocycles. The van der Waals surface area contributed by atoms with Crippen LogP contribution in [0.2, 0.25) is 0 Å². The van der Waals surface area contributed by atoms with Crippen LogP contribution >= 0.6 is 11.3 Å². The number of aryl methyl sites for hydroxylation is 1. The molecule has 0 aliphatic rings. The Morgan fingerprint density at radius 3 is 2.69 bits per heavy atom. The third kappa shape index (κ3) is 4.96. The fraction of sp³-hybridized carbons (Fsp3) is 0.600. The van der Waals surface area contributed by atoms with Gasteiger partial charge in [-0.05, 0) is 23.9 Å². The van der Waals surface area contributed by atoms with Gasteiger partial charge in [0.15, 0.2) is 0 Å². The average Bonchev–Trinajstić information content (AvgIpc) is 2.57. The van der Waals surface area contributed by atoms with E-state index in [2.05, 4.69) is 4.74 Å². The first-order valence-electron chi connectivity index (χ1n) is 4.76. The number of thiophene rings is 1. The predicted octanol–water partition coefficient (Wildman–Crippen LogP) is 3.06. The number of aliphatic hydroxyl groups is 1. The average molecular weight is 254 g/mol. The van der Waals surface area contributed by atoms with Gasteiger partial charge in [-0.15, -0.1) is 11.3 Å². The van der Waals surface area contributed by atoms with Crippen LogP contribution in [0, 0.1) is 6.92 Å². The zero-order chi connectivity index (χ0) is 12.2. The first-order valence-corrected chi connectivity index (χ1v) is 5.64. The van der Waals surface area contributed by atoms with E-state index in [0.717, 1.165) is 10.4 Å². The van der Waals surface area contributed by atoms with Gasteiger partial charge in [-0.2, -0.15) is 13.2 Å². The highest BCUT2D eigenvalue weighted by molar-refractivity contribution is 7.10. The van der Waals surface area contributed by atoms with Gasteiger partial charge in [0.2, 0.25) is 0 Å². The summed E-state index contributed by atoms with van der Waals surface area (Å²) in [5.41, 5.74) is 0.734. The van der Waals surface area contributed by atoms with Gasteiger partial charge in [-0.3, -0.25) is 0 Å². The molecule has 1 unspecified atom stereocenters. The summed E-state index contributed by atoms with van der Waals surface area (Å²) in [5, 5.41) is 11.4. The molecule has 1 aromatic rings. The van der Waals surface area contributed by atoms with Crippen LogP contribution in [0.4, 0.5) is 13.2 Å². The lowest BCUT2D eigenvalue weighted by Gasteiger charge is -2.10. The number of alkyl halides is 3. The van der Waals surface area contributed by atoms with Crippen molar-refractivity contribution in [2.45, 2.75) is 25.6 Å². The molecule has 0 spiro atoms. The molecule has 0 radical (unpaired) electrons. The summed E-state index contributed by atoms with van der Waals surface area (Å²) < 4.78 is 39.6. The van der Waals surface area contributed by atoms with Crippen LogP contribution in [0.1, 0.15) is 23.0 Å². The molecular weight excluding hydrogens is 241 g/mol. The molecule has 1 N–H and O–H groups in total. The second kappa shape index (κ2) is 5.65. The minimum absolute atomic E-state index is 0.102. The van der Waals surface area contributed by atoms with E-state index in [1.54, 1.807) is 5.38 Å². The number of hydrogen-bond acceptors (Lipinski definition) is 3. The van der Waals surface area contributed by atoms with Gasteiger partial charge in [-0.1, -0.05) is 0 Å². The number of halogens is 3. The Hall–Kier alpha value is -0.590. The van der Waals surface area contributed by atoms with Crippen molar-refractivity contribution in [3.8, 4) is 0 Å². The molecular formula is C10H13F3O2S. The molecule has 2 nitrogen and oxygen atoms in total. The maximum atomic E-state index is 11.7. The van der Waals surface area contributed by atoms with Crippen LogP contribution in [-0.2, 0) is 4.74 Å². The van der Waals surface area contributed by atoms with Crippen LogP contribution < -0.4 is 0 Å². The van der Waals surface area contributed by atoms with Gasteiger partial charge < -0.3 is 9.84 Å². The zero-order valence-corrected chi connectivity index (χ0v) is 9.57. The summed E-state index contributed by atoms with van der Waals surface area (Å²) in [6.45, 7) is 0.541. The monoisotopic (exact) mass is 254 g/mol. The normalized spacial score (nSPS) is 14.1. The van der Waals surface area contributed by atoms with Gasteiger partial charge in [0.25, 0.3) is 0 Å². The Morgan fingerprint density at radius 2 is 2.19 bits per heavy atom. The Morgan fingerprint density at radius 1 is 1.50 bits per heavy atom. The third-order valence-corrected chi connectivity index (χ3v) is 2.82.